The lowest BCUT2D eigenvalue weighted by Gasteiger charge is -2.04. The summed E-state index contributed by atoms with van der Waals surface area (Å²) in [6.45, 7) is 6.26. The van der Waals surface area contributed by atoms with Crippen molar-refractivity contribution in [2.45, 2.75) is 27.2 Å². The molecule has 0 fully saturated rings. The van der Waals surface area contributed by atoms with Crippen LogP contribution in [0.15, 0.2) is 38.9 Å². The molecule has 0 bridgehead atoms. The molecule has 0 radical (unpaired) electrons. The second-order valence-corrected chi connectivity index (χ2v) is 6.52. The highest BCUT2D eigenvalue weighted by atomic mass is 32.1. The predicted octanol–water partition coefficient (Wildman–Crippen LogP) is 4.42. The Labute approximate surface area is 127 Å². The van der Waals surface area contributed by atoms with Gasteiger partial charge in [-0.15, -0.1) is 11.3 Å². The maximum absolute atomic E-state index is 12.3. The number of nitrogens with zero attached hydrogens (tertiary/aromatic N) is 1. The molecule has 1 aromatic carbocycles. The van der Waals surface area contributed by atoms with Crippen molar-refractivity contribution in [2.24, 2.45) is 5.92 Å². The number of aryl methyl sites for hydroxylation is 1. The van der Waals surface area contributed by atoms with E-state index in [0.29, 0.717) is 17.2 Å². The van der Waals surface area contributed by atoms with Gasteiger partial charge < -0.3 is 4.42 Å². The van der Waals surface area contributed by atoms with Gasteiger partial charge in [-0.25, -0.2) is 9.78 Å². The molecule has 3 rings (SSSR count). The van der Waals surface area contributed by atoms with E-state index in [0.717, 1.165) is 27.9 Å². The van der Waals surface area contributed by atoms with Crippen molar-refractivity contribution < 1.29 is 4.42 Å². The van der Waals surface area contributed by atoms with Crippen LogP contribution in [0.1, 0.15) is 25.0 Å². The van der Waals surface area contributed by atoms with Gasteiger partial charge in [0.1, 0.15) is 10.2 Å². The summed E-state index contributed by atoms with van der Waals surface area (Å²) >= 11 is 1.51. The average molecular weight is 299 g/mol. The first kappa shape index (κ1) is 14.0. The number of benzene rings is 1. The van der Waals surface area contributed by atoms with Crippen LogP contribution in [0.3, 0.4) is 0 Å². The molecule has 2 aromatic heterocycles. The maximum Gasteiger partial charge on any atom is 0.348 e. The van der Waals surface area contributed by atoms with Gasteiger partial charge >= 0.3 is 5.63 Å². The minimum Gasteiger partial charge on any atom is -0.403 e. The summed E-state index contributed by atoms with van der Waals surface area (Å²) in [5.74, 6) is 0.904. The SMILES string of the molecule is Cc1ccccc1-c1nc2scc(CC(C)C)c2c(=O)o1. The molecule has 4 heteroatoms. The van der Waals surface area contributed by atoms with Crippen molar-refractivity contribution >= 4 is 21.6 Å². The molecule has 0 saturated heterocycles. The standard InChI is InChI=1S/C17H17NO2S/c1-10(2)8-12-9-21-16-14(12)17(19)20-15(18-16)13-7-5-4-6-11(13)3/h4-7,9-10H,8H2,1-3H3. The van der Waals surface area contributed by atoms with Crippen LogP contribution < -0.4 is 5.63 Å². The Morgan fingerprint density at radius 2 is 2.05 bits per heavy atom. The number of fused-ring (bicyclic) bond motifs is 1. The molecule has 0 amide bonds. The second kappa shape index (κ2) is 5.45. The van der Waals surface area contributed by atoms with Gasteiger partial charge in [0.05, 0.1) is 0 Å². The van der Waals surface area contributed by atoms with E-state index in [1.165, 1.54) is 11.3 Å². The maximum atomic E-state index is 12.3. The third-order valence-corrected chi connectivity index (χ3v) is 4.37. The smallest absolute Gasteiger partial charge is 0.348 e. The van der Waals surface area contributed by atoms with E-state index in [9.17, 15) is 4.79 Å². The highest BCUT2D eigenvalue weighted by Gasteiger charge is 2.15. The third-order valence-electron chi connectivity index (χ3n) is 3.45. The number of hydrogen-bond acceptors (Lipinski definition) is 4. The zero-order chi connectivity index (χ0) is 15.0. The van der Waals surface area contributed by atoms with E-state index in [4.69, 9.17) is 4.42 Å². The Balaban J connectivity index is 2.18. The molecule has 0 atom stereocenters. The van der Waals surface area contributed by atoms with Gasteiger partial charge in [0.25, 0.3) is 0 Å². The molecule has 3 aromatic rings. The molecule has 0 aliphatic rings. The van der Waals surface area contributed by atoms with E-state index in [-0.39, 0.29) is 5.63 Å². The molecule has 0 aliphatic carbocycles. The van der Waals surface area contributed by atoms with E-state index in [2.05, 4.69) is 18.8 Å². The first-order chi connectivity index (χ1) is 10.1. The van der Waals surface area contributed by atoms with Crippen molar-refractivity contribution in [3.63, 3.8) is 0 Å². The molecule has 0 saturated carbocycles. The van der Waals surface area contributed by atoms with Crippen LogP contribution in [0.4, 0.5) is 0 Å². The molecule has 0 aliphatic heterocycles. The fourth-order valence-corrected chi connectivity index (χ4v) is 3.39. The van der Waals surface area contributed by atoms with Crippen LogP contribution in [0.2, 0.25) is 0 Å². The fraction of sp³-hybridized carbons (Fsp3) is 0.294. The van der Waals surface area contributed by atoms with Crippen LogP contribution in [-0.4, -0.2) is 4.98 Å². The lowest BCUT2D eigenvalue weighted by Crippen LogP contribution is -2.05. The Bertz CT molecular complexity index is 845. The van der Waals surface area contributed by atoms with Crippen LogP contribution in [0, 0.1) is 12.8 Å². The zero-order valence-electron chi connectivity index (χ0n) is 12.3. The van der Waals surface area contributed by atoms with Crippen molar-refractivity contribution in [1.82, 2.24) is 4.98 Å². The Hall–Kier alpha value is -1.94. The summed E-state index contributed by atoms with van der Waals surface area (Å²) in [5.41, 5.74) is 2.68. The monoisotopic (exact) mass is 299 g/mol. The van der Waals surface area contributed by atoms with Gasteiger partial charge in [0.15, 0.2) is 0 Å². The molecule has 3 nitrogen and oxygen atoms in total. The van der Waals surface area contributed by atoms with Gasteiger partial charge in [-0.1, -0.05) is 32.0 Å². The Morgan fingerprint density at radius 3 is 2.76 bits per heavy atom. The molecular formula is C17H17NO2S. The van der Waals surface area contributed by atoms with E-state index in [1.54, 1.807) is 0 Å². The molecule has 21 heavy (non-hydrogen) atoms. The average Bonchev–Trinajstić information content (AvgIpc) is 2.82. The fourth-order valence-electron chi connectivity index (χ4n) is 2.45. The number of thiophene rings is 1. The summed E-state index contributed by atoms with van der Waals surface area (Å²) in [4.78, 5) is 17.7. The second-order valence-electron chi connectivity index (χ2n) is 5.66. The summed E-state index contributed by atoms with van der Waals surface area (Å²) < 4.78 is 5.48. The van der Waals surface area contributed by atoms with Crippen LogP contribution in [-0.2, 0) is 6.42 Å². The molecule has 2 heterocycles. The normalized spacial score (nSPS) is 11.4. The van der Waals surface area contributed by atoms with E-state index >= 15 is 0 Å². The molecular weight excluding hydrogens is 282 g/mol. The minimum atomic E-state index is -0.282. The van der Waals surface area contributed by atoms with Gasteiger partial charge in [-0.2, -0.15) is 0 Å². The lowest BCUT2D eigenvalue weighted by molar-refractivity contribution is 0.517. The molecule has 0 spiro atoms. The first-order valence-electron chi connectivity index (χ1n) is 7.03. The van der Waals surface area contributed by atoms with Crippen molar-refractivity contribution in [3.05, 3.63) is 51.2 Å². The van der Waals surface area contributed by atoms with E-state index in [1.807, 2.05) is 36.6 Å². The first-order valence-corrected chi connectivity index (χ1v) is 7.91. The van der Waals surface area contributed by atoms with Crippen molar-refractivity contribution in [2.75, 3.05) is 0 Å². The van der Waals surface area contributed by atoms with Gasteiger partial charge in [-0.3, -0.25) is 0 Å². The topological polar surface area (TPSA) is 43.1 Å². The van der Waals surface area contributed by atoms with Crippen molar-refractivity contribution in [3.8, 4) is 11.5 Å². The molecule has 108 valence electrons. The Kier molecular flexibility index (Phi) is 3.64. The molecule has 0 unspecified atom stereocenters. The predicted molar refractivity (Wildman–Crippen MR) is 86.9 cm³/mol. The summed E-state index contributed by atoms with van der Waals surface area (Å²) in [5, 5.41) is 2.67. The van der Waals surface area contributed by atoms with Crippen LogP contribution >= 0.6 is 11.3 Å². The minimum absolute atomic E-state index is 0.282. The third kappa shape index (κ3) is 2.63. The number of hydrogen-bond donors (Lipinski definition) is 0. The van der Waals surface area contributed by atoms with Gasteiger partial charge in [0, 0.05) is 5.56 Å². The summed E-state index contributed by atoms with van der Waals surface area (Å²) in [6.07, 6.45) is 0.871. The lowest BCUT2D eigenvalue weighted by atomic mass is 10.0. The van der Waals surface area contributed by atoms with Crippen LogP contribution in [0.25, 0.3) is 21.7 Å². The zero-order valence-corrected chi connectivity index (χ0v) is 13.2. The summed E-state index contributed by atoms with van der Waals surface area (Å²) in [6, 6.07) is 7.79. The van der Waals surface area contributed by atoms with Gasteiger partial charge in [0.2, 0.25) is 5.89 Å². The van der Waals surface area contributed by atoms with Gasteiger partial charge in [-0.05, 0) is 41.8 Å². The number of rotatable bonds is 3. The highest BCUT2D eigenvalue weighted by Crippen LogP contribution is 2.27. The molecule has 0 N–H and O–H groups in total. The summed E-state index contributed by atoms with van der Waals surface area (Å²) in [7, 11) is 0. The van der Waals surface area contributed by atoms with Crippen molar-refractivity contribution in [1.29, 1.82) is 0 Å². The highest BCUT2D eigenvalue weighted by molar-refractivity contribution is 7.16. The van der Waals surface area contributed by atoms with Crippen LogP contribution in [0.5, 0.6) is 0 Å². The largest absolute Gasteiger partial charge is 0.403 e. The number of aromatic nitrogens is 1. The quantitative estimate of drug-likeness (QED) is 0.719. The Morgan fingerprint density at radius 1 is 1.29 bits per heavy atom. The van der Waals surface area contributed by atoms with E-state index < -0.39 is 0 Å².